The van der Waals surface area contributed by atoms with Crippen molar-refractivity contribution in [3.8, 4) is 5.95 Å². The molecular weight excluding hydrogens is 356 g/mol. The van der Waals surface area contributed by atoms with Crippen LogP contribution in [-0.4, -0.2) is 19.5 Å². The molecule has 10 heteroatoms. The third-order valence-electron chi connectivity index (χ3n) is 2.06. The Balaban J connectivity index is 2.24. The summed E-state index contributed by atoms with van der Waals surface area (Å²) in [4.78, 5) is 9.96. The van der Waals surface area contributed by atoms with Gasteiger partial charge in [0.15, 0.2) is 12.2 Å². The lowest BCUT2D eigenvalue weighted by Crippen LogP contribution is -2.11. The van der Waals surface area contributed by atoms with E-state index in [1.807, 2.05) is 0 Å². The molecule has 0 aliphatic rings. The number of aromatic nitrogens is 1. The fourth-order valence-corrected chi connectivity index (χ4v) is 2.49. The Morgan fingerprint density at radius 2 is 2.25 bits per heavy atom. The number of nitrogens with zero attached hydrogens (tertiary/aromatic N) is 1. The van der Waals surface area contributed by atoms with Crippen molar-refractivity contribution in [2.75, 3.05) is 4.72 Å². The lowest BCUT2D eigenvalue weighted by molar-refractivity contribution is 0.309. The van der Waals surface area contributed by atoms with Gasteiger partial charge in [-0.05, 0) is 22.9 Å². The Morgan fingerprint density at radius 3 is 2.85 bits per heavy atom. The summed E-state index contributed by atoms with van der Waals surface area (Å²) in [5, 5.41) is 3.18. The smallest absolute Gasteiger partial charge is 0.297 e. The van der Waals surface area contributed by atoms with E-state index >= 15 is 0 Å². The maximum absolute atomic E-state index is 12.0. The number of hydrogen-bond donors (Lipinski definition) is 1. The highest BCUT2D eigenvalue weighted by atomic mass is 79.9. The lowest BCUT2D eigenvalue weighted by atomic mass is 10.5. The zero-order chi connectivity index (χ0) is 14.8. The maximum atomic E-state index is 12.0. The molecule has 0 radical (unpaired) electrons. The maximum Gasteiger partial charge on any atom is 0.297 e. The molecule has 0 fully saturated rings. The fourth-order valence-electron chi connectivity index (χ4n) is 1.19. The quantitative estimate of drug-likeness (QED) is 0.637. The topological polar surface area (TPSA) is 112 Å². The van der Waals surface area contributed by atoms with Gasteiger partial charge >= 0.3 is 0 Å². The van der Waals surface area contributed by atoms with Crippen LogP contribution in [-0.2, 0) is 14.8 Å². The molecule has 20 heavy (non-hydrogen) atoms. The number of aryl methyl sites for hydroxylation is 1. The Kier molecular flexibility index (Phi) is 3.98. The minimum atomic E-state index is -4.00. The molecule has 0 bridgehead atoms. The van der Waals surface area contributed by atoms with Crippen LogP contribution in [0, 0.1) is 6.92 Å². The Morgan fingerprint density at radius 1 is 1.50 bits per heavy atom. The standard InChI is InChI=1S/C10H7BrN2O6S/c1-6-9(11)10(19-12-6)13-20(15,16)8-3-2-7(18-8)17-5-4-14/h2-3,5,13H,1H3. The van der Waals surface area contributed by atoms with E-state index in [0.717, 1.165) is 6.07 Å². The lowest BCUT2D eigenvalue weighted by Gasteiger charge is -2.01. The summed E-state index contributed by atoms with van der Waals surface area (Å²) in [5.41, 5.74) is 0.488. The molecule has 2 aromatic rings. The number of ether oxygens (including phenoxy) is 1. The SMILES string of the molecule is Cc1noc(NS(=O)(=O)c2ccc(OC=C=O)o2)c1Br. The van der Waals surface area contributed by atoms with Crippen molar-refractivity contribution in [1.82, 2.24) is 5.16 Å². The zero-order valence-electron chi connectivity index (χ0n) is 9.91. The molecule has 8 nitrogen and oxygen atoms in total. The molecule has 0 saturated carbocycles. The molecule has 2 heterocycles. The summed E-state index contributed by atoms with van der Waals surface area (Å²) >= 11 is 3.13. The van der Waals surface area contributed by atoms with E-state index in [-0.39, 0.29) is 11.8 Å². The van der Waals surface area contributed by atoms with E-state index in [1.54, 1.807) is 6.92 Å². The molecule has 0 atom stereocenters. The highest BCUT2D eigenvalue weighted by molar-refractivity contribution is 9.10. The summed E-state index contributed by atoms with van der Waals surface area (Å²) < 4.78 is 40.9. The average Bonchev–Trinajstić information content (AvgIpc) is 2.99. The summed E-state index contributed by atoms with van der Waals surface area (Å²) in [6.45, 7) is 1.63. The van der Waals surface area contributed by atoms with Crippen LogP contribution in [0.4, 0.5) is 5.88 Å². The first kappa shape index (κ1) is 14.4. The number of sulfonamides is 1. The highest BCUT2D eigenvalue weighted by Gasteiger charge is 2.23. The summed E-state index contributed by atoms with van der Waals surface area (Å²) in [5.74, 6) is 1.12. The number of halogens is 1. The third-order valence-corrected chi connectivity index (χ3v) is 4.20. The molecule has 0 aromatic carbocycles. The van der Waals surface area contributed by atoms with Gasteiger partial charge < -0.3 is 13.7 Å². The van der Waals surface area contributed by atoms with Crippen LogP contribution in [0.1, 0.15) is 5.69 Å². The minimum absolute atomic E-state index is 0.0749. The van der Waals surface area contributed by atoms with Crippen LogP contribution in [0.2, 0.25) is 0 Å². The molecule has 0 saturated heterocycles. The van der Waals surface area contributed by atoms with Gasteiger partial charge in [0.2, 0.25) is 5.09 Å². The second-order valence-corrected chi connectivity index (χ2v) is 5.85. The van der Waals surface area contributed by atoms with Gasteiger partial charge in [-0.25, -0.2) is 9.52 Å². The minimum Gasteiger partial charge on any atom is -0.422 e. The normalized spacial score (nSPS) is 10.9. The first-order chi connectivity index (χ1) is 9.44. The van der Waals surface area contributed by atoms with Crippen molar-refractivity contribution < 1.29 is 26.9 Å². The molecule has 0 aliphatic heterocycles. The van der Waals surface area contributed by atoms with Crippen molar-refractivity contribution >= 4 is 37.8 Å². The van der Waals surface area contributed by atoms with Crippen LogP contribution in [0.3, 0.4) is 0 Å². The molecule has 0 amide bonds. The number of furan rings is 1. The molecular formula is C10H7BrN2O6S. The van der Waals surface area contributed by atoms with Crippen molar-refractivity contribution in [1.29, 1.82) is 0 Å². The van der Waals surface area contributed by atoms with Gasteiger partial charge in [-0.15, -0.1) is 0 Å². The third kappa shape index (κ3) is 2.93. The monoisotopic (exact) mass is 362 g/mol. The average molecular weight is 363 g/mol. The Labute approximate surface area is 121 Å². The number of hydrogen-bond acceptors (Lipinski definition) is 7. The van der Waals surface area contributed by atoms with Crippen LogP contribution >= 0.6 is 15.9 Å². The molecule has 0 unspecified atom stereocenters. The van der Waals surface area contributed by atoms with Crippen LogP contribution in [0.25, 0.3) is 0 Å². The van der Waals surface area contributed by atoms with Gasteiger partial charge in [0.05, 0.1) is 5.69 Å². The van der Waals surface area contributed by atoms with Crippen molar-refractivity contribution in [3.63, 3.8) is 0 Å². The van der Waals surface area contributed by atoms with E-state index in [1.165, 1.54) is 12.0 Å². The highest BCUT2D eigenvalue weighted by Crippen LogP contribution is 2.29. The number of anilines is 1. The molecule has 1 N–H and O–H groups in total. The second kappa shape index (κ2) is 5.53. The van der Waals surface area contributed by atoms with Crippen LogP contribution < -0.4 is 9.46 Å². The molecule has 106 valence electrons. The van der Waals surface area contributed by atoms with E-state index < -0.39 is 15.1 Å². The van der Waals surface area contributed by atoms with Crippen molar-refractivity contribution in [3.05, 3.63) is 28.6 Å². The zero-order valence-corrected chi connectivity index (χ0v) is 12.3. The Bertz CT molecular complexity index is 772. The molecule has 0 spiro atoms. The molecule has 0 aliphatic carbocycles. The first-order valence-electron chi connectivity index (χ1n) is 5.04. The van der Waals surface area contributed by atoms with E-state index in [9.17, 15) is 13.2 Å². The predicted molar refractivity (Wildman–Crippen MR) is 69.3 cm³/mol. The summed E-state index contributed by atoms with van der Waals surface area (Å²) in [6.07, 6.45) is 0.694. The largest absolute Gasteiger partial charge is 0.422 e. The van der Waals surface area contributed by atoms with Crippen molar-refractivity contribution in [2.45, 2.75) is 12.0 Å². The number of nitrogens with one attached hydrogen (secondary N) is 1. The van der Waals surface area contributed by atoms with Crippen LogP contribution in [0.15, 0.2) is 36.9 Å². The summed E-state index contributed by atoms with van der Waals surface area (Å²) in [6, 6.07) is 2.40. The van der Waals surface area contributed by atoms with Gasteiger partial charge in [-0.2, -0.15) is 8.42 Å². The van der Waals surface area contributed by atoms with Gasteiger partial charge in [0.25, 0.3) is 21.9 Å². The Hall–Kier alpha value is -2.03. The van der Waals surface area contributed by atoms with Gasteiger partial charge in [0.1, 0.15) is 4.47 Å². The van der Waals surface area contributed by atoms with Crippen molar-refractivity contribution in [2.24, 2.45) is 0 Å². The van der Waals surface area contributed by atoms with E-state index in [4.69, 9.17) is 8.94 Å². The first-order valence-corrected chi connectivity index (χ1v) is 7.32. The predicted octanol–water partition coefficient (Wildman–Crippen LogP) is 1.86. The molecule has 2 rings (SSSR count). The molecule has 2 aromatic heterocycles. The second-order valence-electron chi connectivity index (χ2n) is 3.44. The number of rotatable bonds is 5. The van der Waals surface area contributed by atoms with Gasteiger partial charge in [-0.1, -0.05) is 5.16 Å². The fraction of sp³-hybridized carbons (Fsp3) is 0.100. The van der Waals surface area contributed by atoms with Gasteiger partial charge in [0, 0.05) is 12.1 Å². The summed E-state index contributed by atoms with van der Waals surface area (Å²) in [7, 11) is -4.00. The van der Waals surface area contributed by atoms with Crippen LogP contribution in [0.5, 0.6) is 5.95 Å². The number of carbonyl (C=O) groups excluding carboxylic acids is 1. The van der Waals surface area contributed by atoms with E-state index in [0.29, 0.717) is 16.4 Å². The van der Waals surface area contributed by atoms with Gasteiger partial charge in [-0.3, -0.25) is 0 Å². The van der Waals surface area contributed by atoms with E-state index in [2.05, 4.69) is 30.5 Å².